The van der Waals surface area contributed by atoms with Gasteiger partial charge in [0.15, 0.2) is 0 Å². The maximum absolute atomic E-state index is 11.5. The molecule has 3 nitrogen and oxygen atoms in total. The molecule has 0 radical (unpaired) electrons. The quantitative estimate of drug-likeness (QED) is 0.818. The molecule has 0 bridgehead atoms. The molecule has 0 heterocycles. The number of carbonyl (C=O) groups is 1. The van der Waals surface area contributed by atoms with Gasteiger partial charge in [-0.15, -0.1) is 0 Å². The van der Waals surface area contributed by atoms with Crippen LogP contribution in [0.25, 0.3) is 11.1 Å². The zero-order valence-electron chi connectivity index (χ0n) is 9.51. The summed E-state index contributed by atoms with van der Waals surface area (Å²) >= 11 is 0. The van der Waals surface area contributed by atoms with E-state index in [1.807, 2.05) is 42.5 Å². The van der Waals surface area contributed by atoms with Gasteiger partial charge in [-0.05, 0) is 23.3 Å². The number of amides is 1. The third-order valence-electron chi connectivity index (χ3n) is 2.45. The van der Waals surface area contributed by atoms with Crippen LogP contribution in [-0.4, -0.2) is 13.0 Å². The van der Waals surface area contributed by atoms with Gasteiger partial charge in [-0.25, -0.2) is 5.48 Å². The van der Waals surface area contributed by atoms with Gasteiger partial charge < -0.3 is 0 Å². The van der Waals surface area contributed by atoms with E-state index in [1.54, 1.807) is 12.1 Å². The van der Waals surface area contributed by atoms with Crippen LogP contribution in [-0.2, 0) is 4.84 Å². The van der Waals surface area contributed by atoms with Crippen LogP contribution in [0.2, 0.25) is 0 Å². The van der Waals surface area contributed by atoms with Crippen molar-refractivity contribution in [1.29, 1.82) is 0 Å². The molecular weight excluding hydrogens is 214 g/mol. The molecule has 0 unspecified atom stereocenters. The summed E-state index contributed by atoms with van der Waals surface area (Å²) in [7, 11) is 1.41. The van der Waals surface area contributed by atoms with Gasteiger partial charge in [-0.2, -0.15) is 0 Å². The molecule has 0 atom stereocenters. The van der Waals surface area contributed by atoms with Crippen LogP contribution in [0, 0.1) is 0 Å². The van der Waals surface area contributed by atoms with E-state index in [9.17, 15) is 4.79 Å². The molecule has 0 aliphatic rings. The standard InChI is InChI=1S/C14H13NO2/c1-17-15-14(16)13-9-7-12(8-10-13)11-5-3-2-4-6-11/h2-10H,1H3,(H,15,16). The van der Waals surface area contributed by atoms with Crippen LogP contribution in [0.1, 0.15) is 10.4 Å². The van der Waals surface area contributed by atoms with Crippen LogP contribution in [0.4, 0.5) is 0 Å². The van der Waals surface area contributed by atoms with Gasteiger partial charge in [0.2, 0.25) is 0 Å². The summed E-state index contributed by atoms with van der Waals surface area (Å²) in [6.45, 7) is 0. The first-order chi connectivity index (χ1) is 8.31. The Morgan fingerprint density at radius 3 is 2.12 bits per heavy atom. The van der Waals surface area contributed by atoms with Crippen molar-refractivity contribution < 1.29 is 9.63 Å². The molecule has 3 heteroatoms. The Morgan fingerprint density at radius 1 is 0.941 bits per heavy atom. The average Bonchev–Trinajstić information content (AvgIpc) is 2.40. The lowest BCUT2D eigenvalue weighted by Gasteiger charge is -2.04. The molecular formula is C14H13NO2. The molecule has 0 saturated carbocycles. The summed E-state index contributed by atoms with van der Waals surface area (Å²) in [6.07, 6.45) is 0. The van der Waals surface area contributed by atoms with Crippen molar-refractivity contribution in [2.45, 2.75) is 0 Å². The number of hydrogen-bond donors (Lipinski definition) is 1. The third-order valence-corrected chi connectivity index (χ3v) is 2.45. The van der Waals surface area contributed by atoms with Crippen LogP contribution in [0.5, 0.6) is 0 Å². The molecule has 0 spiro atoms. The van der Waals surface area contributed by atoms with Crippen molar-refractivity contribution in [3.05, 3.63) is 60.2 Å². The predicted octanol–water partition coefficient (Wildman–Crippen LogP) is 2.64. The Hall–Kier alpha value is -2.13. The number of rotatable bonds is 3. The van der Waals surface area contributed by atoms with Crippen LogP contribution < -0.4 is 5.48 Å². The zero-order chi connectivity index (χ0) is 12.1. The van der Waals surface area contributed by atoms with E-state index < -0.39 is 0 Å². The molecule has 86 valence electrons. The number of hydrogen-bond acceptors (Lipinski definition) is 2. The Kier molecular flexibility index (Phi) is 3.52. The van der Waals surface area contributed by atoms with Crippen LogP contribution in [0.3, 0.4) is 0 Å². The normalized spacial score (nSPS) is 9.94. The van der Waals surface area contributed by atoms with E-state index in [0.29, 0.717) is 5.56 Å². The summed E-state index contributed by atoms with van der Waals surface area (Å²) in [4.78, 5) is 16.0. The average molecular weight is 227 g/mol. The second-order valence-corrected chi connectivity index (χ2v) is 3.58. The van der Waals surface area contributed by atoms with E-state index >= 15 is 0 Å². The predicted molar refractivity (Wildman–Crippen MR) is 66.4 cm³/mol. The van der Waals surface area contributed by atoms with Crippen molar-refractivity contribution in [3.63, 3.8) is 0 Å². The Morgan fingerprint density at radius 2 is 1.53 bits per heavy atom. The Bertz CT molecular complexity index is 491. The third kappa shape index (κ3) is 2.71. The number of benzene rings is 2. The lowest BCUT2D eigenvalue weighted by molar-refractivity contribution is 0.0537. The first kappa shape index (κ1) is 11.4. The van der Waals surface area contributed by atoms with Crippen molar-refractivity contribution in [2.75, 3.05) is 7.11 Å². The monoisotopic (exact) mass is 227 g/mol. The highest BCUT2D eigenvalue weighted by Gasteiger charge is 2.04. The fourth-order valence-electron chi connectivity index (χ4n) is 1.60. The molecule has 0 aromatic heterocycles. The summed E-state index contributed by atoms with van der Waals surface area (Å²) in [5, 5.41) is 0. The van der Waals surface area contributed by atoms with Crippen molar-refractivity contribution >= 4 is 5.91 Å². The van der Waals surface area contributed by atoms with Gasteiger partial charge >= 0.3 is 0 Å². The molecule has 17 heavy (non-hydrogen) atoms. The highest BCUT2D eigenvalue weighted by atomic mass is 16.6. The lowest BCUT2D eigenvalue weighted by atomic mass is 10.0. The molecule has 2 aromatic rings. The highest BCUT2D eigenvalue weighted by molar-refractivity contribution is 5.93. The number of nitrogens with one attached hydrogen (secondary N) is 1. The molecule has 1 N–H and O–H groups in total. The summed E-state index contributed by atoms with van der Waals surface area (Å²) in [5.74, 6) is -0.243. The van der Waals surface area contributed by atoms with E-state index in [0.717, 1.165) is 11.1 Å². The zero-order valence-corrected chi connectivity index (χ0v) is 9.51. The van der Waals surface area contributed by atoms with Gasteiger partial charge in [0.05, 0.1) is 7.11 Å². The lowest BCUT2D eigenvalue weighted by Crippen LogP contribution is -2.21. The summed E-state index contributed by atoms with van der Waals surface area (Å²) in [6, 6.07) is 17.4. The molecule has 0 saturated heterocycles. The smallest absolute Gasteiger partial charge is 0.274 e. The molecule has 2 aromatic carbocycles. The minimum atomic E-state index is -0.243. The van der Waals surface area contributed by atoms with Crippen molar-refractivity contribution in [1.82, 2.24) is 5.48 Å². The summed E-state index contributed by atoms with van der Waals surface area (Å²) < 4.78 is 0. The second kappa shape index (κ2) is 5.27. The molecule has 2 rings (SSSR count). The minimum absolute atomic E-state index is 0.243. The molecule has 0 aliphatic heterocycles. The van der Waals surface area contributed by atoms with E-state index in [-0.39, 0.29) is 5.91 Å². The topological polar surface area (TPSA) is 38.3 Å². The fraction of sp³-hybridized carbons (Fsp3) is 0.0714. The minimum Gasteiger partial charge on any atom is -0.277 e. The van der Waals surface area contributed by atoms with E-state index in [2.05, 4.69) is 10.3 Å². The van der Waals surface area contributed by atoms with Gasteiger partial charge in [0.1, 0.15) is 0 Å². The van der Waals surface area contributed by atoms with Crippen LogP contribution >= 0.6 is 0 Å². The van der Waals surface area contributed by atoms with Crippen LogP contribution in [0.15, 0.2) is 54.6 Å². The molecule has 0 aliphatic carbocycles. The highest BCUT2D eigenvalue weighted by Crippen LogP contribution is 2.19. The van der Waals surface area contributed by atoms with Crippen molar-refractivity contribution in [3.8, 4) is 11.1 Å². The first-order valence-corrected chi connectivity index (χ1v) is 5.30. The second-order valence-electron chi connectivity index (χ2n) is 3.58. The van der Waals surface area contributed by atoms with Gasteiger partial charge in [-0.1, -0.05) is 42.5 Å². The van der Waals surface area contributed by atoms with E-state index in [1.165, 1.54) is 7.11 Å². The number of carbonyl (C=O) groups excluding carboxylic acids is 1. The maximum Gasteiger partial charge on any atom is 0.274 e. The SMILES string of the molecule is CONC(=O)c1ccc(-c2ccccc2)cc1. The Balaban J connectivity index is 2.22. The molecule has 1 amide bonds. The fourth-order valence-corrected chi connectivity index (χ4v) is 1.60. The van der Waals surface area contributed by atoms with Gasteiger partial charge in [0, 0.05) is 5.56 Å². The maximum atomic E-state index is 11.5. The summed E-state index contributed by atoms with van der Waals surface area (Å²) in [5.41, 5.74) is 5.07. The van der Waals surface area contributed by atoms with Gasteiger partial charge in [-0.3, -0.25) is 9.63 Å². The molecule has 0 fully saturated rings. The van der Waals surface area contributed by atoms with Gasteiger partial charge in [0.25, 0.3) is 5.91 Å². The Labute approximate surface area is 100.0 Å². The van der Waals surface area contributed by atoms with Crippen molar-refractivity contribution in [2.24, 2.45) is 0 Å². The first-order valence-electron chi connectivity index (χ1n) is 5.30. The number of hydroxylamine groups is 1. The largest absolute Gasteiger partial charge is 0.277 e. The van der Waals surface area contributed by atoms with E-state index in [4.69, 9.17) is 0 Å².